The van der Waals surface area contributed by atoms with Crippen LogP contribution in [0.15, 0.2) is 54.6 Å². The van der Waals surface area contributed by atoms with Gasteiger partial charge in [-0.05, 0) is 68.0 Å². The van der Waals surface area contributed by atoms with Gasteiger partial charge in [-0.15, -0.1) is 0 Å². The predicted octanol–water partition coefficient (Wildman–Crippen LogP) is 6.27. The summed E-state index contributed by atoms with van der Waals surface area (Å²) in [6.45, 7) is 7.75. The van der Waals surface area contributed by atoms with E-state index in [2.05, 4.69) is 37.3 Å². The highest BCUT2D eigenvalue weighted by atomic mass is 16.6. The van der Waals surface area contributed by atoms with Crippen molar-refractivity contribution in [2.24, 2.45) is 0 Å². The molecule has 0 aliphatic carbocycles. The Hall–Kier alpha value is -2.55. The number of hydrogen-bond donors (Lipinski definition) is 0. The van der Waals surface area contributed by atoms with E-state index in [1.54, 1.807) is 0 Å². The number of unbranched alkanes of at least 4 members (excludes halogenated alkanes) is 1. The van der Waals surface area contributed by atoms with Crippen LogP contribution in [-0.4, -0.2) is 17.7 Å². The van der Waals surface area contributed by atoms with Crippen LogP contribution in [0.1, 0.15) is 47.0 Å². The zero-order valence-corrected chi connectivity index (χ0v) is 16.6. The first-order valence-corrected chi connectivity index (χ1v) is 9.68. The molecule has 0 amide bonds. The molecule has 0 heterocycles. The molecule has 0 saturated carbocycles. The van der Waals surface area contributed by atoms with Crippen LogP contribution in [0.25, 0.3) is 21.5 Å². The third-order valence-electron chi connectivity index (χ3n) is 4.47. The van der Waals surface area contributed by atoms with Crippen LogP contribution in [0.4, 0.5) is 0 Å². The Morgan fingerprint density at radius 1 is 0.963 bits per heavy atom. The van der Waals surface area contributed by atoms with Crippen LogP contribution in [-0.2, 0) is 9.53 Å². The van der Waals surface area contributed by atoms with E-state index >= 15 is 0 Å². The summed E-state index contributed by atoms with van der Waals surface area (Å²) in [6.07, 6.45) is 1.97. The molecule has 0 radical (unpaired) electrons. The normalized spacial score (nSPS) is 12.9. The molecule has 3 aromatic carbocycles. The second kappa shape index (κ2) is 7.99. The predicted molar refractivity (Wildman–Crippen MR) is 111 cm³/mol. The topological polar surface area (TPSA) is 35.5 Å². The zero-order chi connectivity index (χ0) is 19.4. The maximum atomic E-state index is 12.7. The quantitative estimate of drug-likeness (QED) is 0.382. The number of carbonyl (C=O) groups is 1. The third-order valence-corrected chi connectivity index (χ3v) is 4.47. The van der Waals surface area contributed by atoms with Crippen LogP contribution in [0.3, 0.4) is 0 Å². The molecule has 0 spiro atoms. The van der Waals surface area contributed by atoms with E-state index in [1.165, 1.54) is 5.39 Å². The Morgan fingerprint density at radius 2 is 1.63 bits per heavy atom. The van der Waals surface area contributed by atoms with Crippen LogP contribution < -0.4 is 4.74 Å². The van der Waals surface area contributed by atoms with Gasteiger partial charge in [-0.2, -0.15) is 0 Å². The summed E-state index contributed by atoms with van der Waals surface area (Å²) in [5.74, 6) is 0.430. The van der Waals surface area contributed by atoms with Crippen molar-refractivity contribution in [1.82, 2.24) is 0 Å². The molecule has 0 bridgehead atoms. The van der Waals surface area contributed by atoms with Gasteiger partial charge in [-0.1, -0.05) is 49.7 Å². The Balaban J connectivity index is 1.96. The molecule has 3 rings (SSSR count). The first kappa shape index (κ1) is 19.2. The first-order chi connectivity index (χ1) is 12.9. The summed E-state index contributed by atoms with van der Waals surface area (Å²) in [5, 5.41) is 4.46. The molecular weight excluding hydrogens is 336 g/mol. The summed E-state index contributed by atoms with van der Waals surface area (Å²) in [4.78, 5) is 12.7. The molecule has 27 heavy (non-hydrogen) atoms. The molecular formula is C24H28O3. The standard InChI is InChI=1S/C24H28O3/c1-5-6-13-22(23(25)27-24(2,3)4)26-21-14-9-12-19-15-17-10-7-8-11-18(17)16-20(19)21/h7-12,14-16,22H,5-6,13H2,1-4H3. The number of hydrogen-bond acceptors (Lipinski definition) is 3. The summed E-state index contributed by atoms with van der Waals surface area (Å²) >= 11 is 0. The van der Waals surface area contributed by atoms with Gasteiger partial charge < -0.3 is 9.47 Å². The second-order valence-corrected chi connectivity index (χ2v) is 7.96. The van der Waals surface area contributed by atoms with E-state index in [-0.39, 0.29) is 5.97 Å². The Labute approximate surface area is 161 Å². The lowest BCUT2D eigenvalue weighted by molar-refractivity contribution is -0.163. The molecule has 3 heteroatoms. The van der Waals surface area contributed by atoms with Crippen LogP contribution in [0.5, 0.6) is 5.75 Å². The van der Waals surface area contributed by atoms with Gasteiger partial charge in [-0.3, -0.25) is 0 Å². The molecule has 0 fully saturated rings. The van der Waals surface area contributed by atoms with Crippen LogP contribution in [0, 0.1) is 0 Å². The van der Waals surface area contributed by atoms with E-state index in [0.29, 0.717) is 6.42 Å². The minimum Gasteiger partial charge on any atom is -0.478 e. The molecule has 1 atom stereocenters. The average Bonchev–Trinajstić information content (AvgIpc) is 2.62. The zero-order valence-electron chi connectivity index (χ0n) is 16.6. The second-order valence-electron chi connectivity index (χ2n) is 7.96. The number of fused-ring (bicyclic) bond motifs is 2. The Bertz CT molecular complexity index is 937. The number of esters is 1. The Morgan fingerprint density at radius 3 is 2.30 bits per heavy atom. The lowest BCUT2D eigenvalue weighted by Crippen LogP contribution is -2.35. The lowest BCUT2D eigenvalue weighted by Gasteiger charge is -2.25. The highest BCUT2D eigenvalue weighted by molar-refractivity contribution is 6.01. The van der Waals surface area contributed by atoms with Crippen molar-refractivity contribution < 1.29 is 14.3 Å². The highest BCUT2D eigenvalue weighted by Gasteiger charge is 2.27. The van der Waals surface area contributed by atoms with Crippen molar-refractivity contribution in [2.75, 3.05) is 0 Å². The first-order valence-electron chi connectivity index (χ1n) is 9.68. The maximum Gasteiger partial charge on any atom is 0.347 e. The van der Waals surface area contributed by atoms with Crippen molar-refractivity contribution >= 4 is 27.5 Å². The molecule has 0 saturated heterocycles. The van der Waals surface area contributed by atoms with Gasteiger partial charge in [0.05, 0.1) is 0 Å². The van der Waals surface area contributed by atoms with Crippen molar-refractivity contribution in [2.45, 2.75) is 58.7 Å². The fraction of sp³-hybridized carbons (Fsp3) is 0.375. The summed E-state index contributed by atoms with van der Waals surface area (Å²) in [5.41, 5.74) is -0.528. The smallest absolute Gasteiger partial charge is 0.347 e. The highest BCUT2D eigenvalue weighted by Crippen LogP contribution is 2.31. The van der Waals surface area contributed by atoms with E-state index < -0.39 is 11.7 Å². The molecule has 3 nitrogen and oxygen atoms in total. The van der Waals surface area contributed by atoms with E-state index in [0.717, 1.165) is 34.7 Å². The van der Waals surface area contributed by atoms with Gasteiger partial charge in [0.15, 0.2) is 6.10 Å². The molecule has 0 N–H and O–H groups in total. The summed E-state index contributed by atoms with van der Waals surface area (Å²) in [6, 6.07) is 18.5. The minimum atomic E-state index is -0.596. The molecule has 0 aliphatic heterocycles. The summed E-state index contributed by atoms with van der Waals surface area (Å²) in [7, 11) is 0. The van der Waals surface area contributed by atoms with Crippen molar-refractivity contribution in [1.29, 1.82) is 0 Å². The van der Waals surface area contributed by atoms with Gasteiger partial charge in [0.25, 0.3) is 0 Å². The fourth-order valence-electron chi connectivity index (χ4n) is 3.18. The molecule has 142 valence electrons. The number of benzene rings is 3. The average molecular weight is 364 g/mol. The van der Waals surface area contributed by atoms with E-state index in [4.69, 9.17) is 9.47 Å². The van der Waals surface area contributed by atoms with E-state index in [9.17, 15) is 4.79 Å². The largest absolute Gasteiger partial charge is 0.478 e. The van der Waals surface area contributed by atoms with Crippen molar-refractivity contribution in [3.8, 4) is 5.75 Å². The Kier molecular flexibility index (Phi) is 5.69. The number of ether oxygens (including phenoxy) is 2. The van der Waals surface area contributed by atoms with Gasteiger partial charge >= 0.3 is 5.97 Å². The monoisotopic (exact) mass is 364 g/mol. The number of rotatable bonds is 6. The van der Waals surface area contributed by atoms with Crippen molar-refractivity contribution in [3.05, 3.63) is 54.6 Å². The molecule has 1 unspecified atom stereocenters. The number of carbonyl (C=O) groups excluding carboxylic acids is 1. The van der Waals surface area contributed by atoms with Gasteiger partial charge in [0.1, 0.15) is 11.4 Å². The molecule has 3 aromatic rings. The third kappa shape index (κ3) is 4.79. The van der Waals surface area contributed by atoms with Crippen LogP contribution in [0.2, 0.25) is 0 Å². The van der Waals surface area contributed by atoms with Crippen LogP contribution >= 0.6 is 0 Å². The SMILES string of the molecule is CCCCC(Oc1cccc2cc3ccccc3cc12)C(=O)OC(C)(C)C. The molecule has 0 aliphatic rings. The summed E-state index contributed by atoms with van der Waals surface area (Å²) < 4.78 is 11.8. The lowest BCUT2D eigenvalue weighted by atomic mass is 10.0. The minimum absolute atomic E-state index is 0.297. The fourth-order valence-corrected chi connectivity index (χ4v) is 3.18. The van der Waals surface area contributed by atoms with E-state index in [1.807, 2.05) is 45.0 Å². The van der Waals surface area contributed by atoms with Gasteiger partial charge in [0.2, 0.25) is 0 Å². The van der Waals surface area contributed by atoms with Gasteiger partial charge in [-0.25, -0.2) is 4.79 Å². The maximum absolute atomic E-state index is 12.7. The van der Waals surface area contributed by atoms with Crippen molar-refractivity contribution in [3.63, 3.8) is 0 Å². The van der Waals surface area contributed by atoms with Gasteiger partial charge in [0, 0.05) is 5.39 Å². The molecule has 0 aromatic heterocycles.